The summed E-state index contributed by atoms with van der Waals surface area (Å²) in [5.41, 5.74) is 1.62. The Labute approximate surface area is 154 Å². The lowest BCUT2D eigenvalue weighted by Gasteiger charge is -2.12. The largest absolute Gasteiger partial charge is 0.493 e. The fourth-order valence-electron chi connectivity index (χ4n) is 2.46. The van der Waals surface area contributed by atoms with Crippen LogP contribution in [0, 0.1) is 0 Å². The number of nitrogens with zero attached hydrogens (tertiary/aromatic N) is 3. The summed E-state index contributed by atoms with van der Waals surface area (Å²) < 4.78 is 23.3. The third kappa shape index (κ3) is 3.36. The first-order valence-electron chi connectivity index (χ1n) is 7.73. The fraction of sp³-hybridized carbons (Fsp3) is 0.222. The molecule has 136 valence electrons. The molecule has 0 saturated heterocycles. The van der Waals surface area contributed by atoms with Crippen molar-refractivity contribution in [1.82, 2.24) is 4.68 Å². The minimum absolute atomic E-state index is 0.538. The van der Waals surface area contributed by atoms with Gasteiger partial charge < -0.3 is 18.6 Å². The van der Waals surface area contributed by atoms with Crippen LogP contribution < -0.4 is 19.0 Å². The van der Waals surface area contributed by atoms with Gasteiger partial charge in [0.25, 0.3) is 0 Å². The maximum atomic E-state index is 5.49. The van der Waals surface area contributed by atoms with Crippen molar-refractivity contribution in [1.29, 1.82) is 0 Å². The number of ether oxygens (including phenoxy) is 3. The Hall–Kier alpha value is -3.00. The molecule has 0 fully saturated rings. The van der Waals surface area contributed by atoms with E-state index in [1.807, 2.05) is 29.6 Å². The van der Waals surface area contributed by atoms with Crippen molar-refractivity contribution in [3.05, 3.63) is 46.3 Å². The molecule has 0 saturated carbocycles. The van der Waals surface area contributed by atoms with Crippen LogP contribution in [0.1, 0.15) is 5.56 Å². The summed E-state index contributed by atoms with van der Waals surface area (Å²) in [5, 5.41) is 6.52. The zero-order chi connectivity index (χ0) is 18.5. The van der Waals surface area contributed by atoms with Crippen molar-refractivity contribution in [2.45, 2.75) is 0 Å². The predicted molar refractivity (Wildman–Crippen MR) is 101 cm³/mol. The highest BCUT2D eigenvalue weighted by Crippen LogP contribution is 2.37. The second-order valence-corrected chi connectivity index (χ2v) is 5.96. The molecule has 8 heteroatoms. The molecule has 0 aliphatic carbocycles. The van der Waals surface area contributed by atoms with Crippen molar-refractivity contribution in [3.8, 4) is 28.7 Å². The number of thiazole rings is 1. The molecule has 0 unspecified atom stereocenters. The first kappa shape index (κ1) is 17.8. The molecule has 0 spiro atoms. The third-order valence-electron chi connectivity index (χ3n) is 3.66. The van der Waals surface area contributed by atoms with Gasteiger partial charge in [-0.15, -0.1) is 11.3 Å². The number of hydrogen-bond acceptors (Lipinski definition) is 7. The van der Waals surface area contributed by atoms with Crippen LogP contribution >= 0.6 is 11.3 Å². The zero-order valence-corrected chi connectivity index (χ0v) is 15.7. The van der Waals surface area contributed by atoms with Gasteiger partial charge in [-0.2, -0.15) is 5.10 Å². The molecule has 0 radical (unpaired) electrons. The van der Waals surface area contributed by atoms with Crippen LogP contribution in [0.5, 0.6) is 17.2 Å². The maximum Gasteiger partial charge on any atom is 0.206 e. The smallest absolute Gasteiger partial charge is 0.206 e. The topological polar surface area (TPSA) is 70.5 Å². The quantitative estimate of drug-likeness (QED) is 0.622. The molecule has 2 aromatic heterocycles. The van der Waals surface area contributed by atoms with E-state index >= 15 is 0 Å². The van der Waals surface area contributed by atoms with Crippen LogP contribution in [0.25, 0.3) is 11.5 Å². The van der Waals surface area contributed by atoms with Crippen LogP contribution in [-0.4, -0.2) is 39.3 Å². The van der Waals surface area contributed by atoms with E-state index in [4.69, 9.17) is 18.6 Å². The van der Waals surface area contributed by atoms with Crippen LogP contribution in [0.3, 0.4) is 0 Å². The van der Waals surface area contributed by atoms with Gasteiger partial charge >= 0.3 is 0 Å². The zero-order valence-electron chi connectivity index (χ0n) is 14.9. The minimum atomic E-state index is 0.538. The monoisotopic (exact) mass is 373 g/mol. The number of rotatable bonds is 6. The Morgan fingerprint density at radius 1 is 1.12 bits per heavy atom. The van der Waals surface area contributed by atoms with Crippen molar-refractivity contribution in [3.63, 3.8) is 0 Å². The standard InChI is InChI=1S/C18H19N3O4S/c1-19-18-21(13(11-26-18)14-6-5-7-25-14)20-10-12-8-15(22-2)17(24-4)16(9-12)23-3/h5-11H,1-4H3. The van der Waals surface area contributed by atoms with Crippen molar-refractivity contribution in [2.75, 3.05) is 28.4 Å². The van der Waals surface area contributed by atoms with E-state index in [2.05, 4.69) is 10.1 Å². The molecule has 26 heavy (non-hydrogen) atoms. The average molecular weight is 373 g/mol. The lowest BCUT2D eigenvalue weighted by atomic mass is 10.2. The van der Waals surface area contributed by atoms with Gasteiger partial charge in [-0.05, 0) is 24.3 Å². The van der Waals surface area contributed by atoms with Gasteiger partial charge in [0.2, 0.25) is 10.6 Å². The second-order valence-electron chi connectivity index (χ2n) is 5.12. The summed E-state index contributed by atoms with van der Waals surface area (Å²) in [5.74, 6) is 2.39. The highest BCUT2D eigenvalue weighted by molar-refractivity contribution is 7.07. The van der Waals surface area contributed by atoms with Crippen molar-refractivity contribution < 1.29 is 18.6 Å². The molecular weight excluding hydrogens is 354 g/mol. The molecule has 0 N–H and O–H groups in total. The van der Waals surface area contributed by atoms with Crippen LogP contribution in [0.2, 0.25) is 0 Å². The molecule has 3 aromatic rings. The van der Waals surface area contributed by atoms with Gasteiger partial charge in [-0.1, -0.05) is 0 Å². The van der Waals surface area contributed by atoms with E-state index in [0.29, 0.717) is 17.2 Å². The maximum absolute atomic E-state index is 5.49. The van der Waals surface area contributed by atoms with Gasteiger partial charge in [0.15, 0.2) is 17.3 Å². The molecule has 0 aliphatic rings. The molecule has 3 rings (SSSR count). The summed E-state index contributed by atoms with van der Waals surface area (Å²) in [6, 6.07) is 7.37. The SMILES string of the molecule is CN=c1scc(-c2ccco2)n1N=Cc1cc(OC)c(OC)c(OC)c1. The fourth-order valence-corrected chi connectivity index (χ4v) is 3.24. The number of methoxy groups -OCH3 is 3. The van der Waals surface area contributed by atoms with Gasteiger partial charge in [0, 0.05) is 18.0 Å². The first-order valence-corrected chi connectivity index (χ1v) is 8.61. The number of aromatic nitrogens is 1. The summed E-state index contributed by atoms with van der Waals surface area (Å²) in [7, 11) is 6.45. The number of furan rings is 1. The van der Waals surface area contributed by atoms with Gasteiger partial charge in [-0.25, -0.2) is 4.68 Å². The Kier molecular flexibility index (Phi) is 5.43. The number of benzene rings is 1. The highest BCUT2D eigenvalue weighted by Gasteiger charge is 2.13. The van der Waals surface area contributed by atoms with Crippen molar-refractivity contribution >= 4 is 17.6 Å². The molecule has 7 nitrogen and oxygen atoms in total. The Balaban J connectivity index is 2.05. The Bertz CT molecular complexity index is 946. The molecule has 2 heterocycles. The Morgan fingerprint density at radius 3 is 2.38 bits per heavy atom. The summed E-state index contributed by atoms with van der Waals surface area (Å²) in [6.45, 7) is 0. The van der Waals surface area contributed by atoms with Crippen molar-refractivity contribution in [2.24, 2.45) is 10.1 Å². The predicted octanol–water partition coefficient (Wildman–Crippen LogP) is 3.25. The summed E-state index contributed by atoms with van der Waals surface area (Å²) in [6.07, 6.45) is 3.33. The van der Waals surface area contributed by atoms with E-state index < -0.39 is 0 Å². The lowest BCUT2D eigenvalue weighted by Crippen LogP contribution is -2.11. The van der Waals surface area contributed by atoms with E-state index in [9.17, 15) is 0 Å². The van der Waals surface area contributed by atoms with Gasteiger partial charge in [0.1, 0.15) is 5.69 Å². The highest BCUT2D eigenvalue weighted by atomic mass is 32.1. The van der Waals surface area contributed by atoms with E-state index in [1.54, 1.807) is 45.5 Å². The lowest BCUT2D eigenvalue weighted by molar-refractivity contribution is 0.324. The molecule has 0 bridgehead atoms. The van der Waals surface area contributed by atoms with Gasteiger partial charge in [-0.3, -0.25) is 4.99 Å². The third-order valence-corrected chi connectivity index (χ3v) is 4.57. The molecule has 0 atom stereocenters. The molecule has 1 aromatic carbocycles. The van der Waals surface area contributed by atoms with Gasteiger partial charge in [0.05, 0.1) is 33.8 Å². The number of hydrogen-bond donors (Lipinski definition) is 0. The normalized spacial score (nSPS) is 11.9. The van der Waals surface area contributed by atoms with E-state index in [0.717, 1.165) is 21.8 Å². The Morgan fingerprint density at radius 2 is 1.85 bits per heavy atom. The molecule has 0 aliphatic heterocycles. The van der Waals surface area contributed by atoms with E-state index in [1.165, 1.54) is 11.3 Å². The first-order chi connectivity index (χ1) is 12.7. The van der Waals surface area contributed by atoms with Crippen LogP contribution in [-0.2, 0) is 0 Å². The molecule has 0 amide bonds. The second kappa shape index (κ2) is 7.92. The summed E-state index contributed by atoms with van der Waals surface area (Å²) in [4.78, 5) is 5.01. The van der Waals surface area contributed by atoms with Crippen LogP contribution in [0.4, 0.5) is 0 Å². The molecular formula is C18H19N3O4S. The average Bonchev–Trinajstić information content (AvgIpc) is 3.34. The minimum Gasteiger partial charge on any atom is -0.493 e. The summed E-state index contributed by atoms with van der Waals surface area (Å²) >= 11 is 1.48. The van der Waals surface area contributed by atoms with Crippen LogP contribution in [0.15, 0.2) is 50.4 Å². The van der Waals surface area contributed by atoms with E-state index in [-0.39, 0.29) is 0 Å².